The van der Waals surface area contributed by atoms with Crippen LogP contribution in [0.5, 0.6) is 0 Å². The molecule has 0 bridgehead atoms. The summed E-state index contributed by atoms with van der Waals surface area (Å²) >= 11 is 1.90. The predicted molar refractivity (Wildman–Crippen MR) is 247 cm³/mol. The van der Waals surface area contributed by atoms with Crippen molar-refractivity contribution in [1.82, 2.24) is 4.40 Å². The molecule has 12 aromatic rings. The molecular weight excluding hydrogens is 723 g/mol. The molecule has 1 spiro atoms. The van der Waals surface area contributed by atoms with Gasteiger partial charge in [-0.15, -0.1) is 11.3 Å². The van der Waals surface area contributed by atoms with Crippen LogP contribution >= 0.6 is 11.3 Å². The van der Waals surface area contributed by atoms with Gasteiger partial charge in [-0.1, -0.05) is 152 Å². The molecule has 0 amide bonds. The van der Waals surface area contributed by atoms with Crippen molar-refractivity contribution >= 4 is 109 Å². The van der Waals surface area contributed by atoms with Gasteiger partial charge in [0.2, 0.25) is 0 Å². The Labute approximate surface area is 333 Å². The van der Waals surface area contributed by atoms with Crippen LogP contribution in [-0.4, -0.2) is 12.5 Å². The molecule has 9 aromatic carbocycles. The summed E-state index contributed by atoms with van der Waals surface area (Å²) in [5.41, 5.74) is 11.8. The molecule has 0 atom stereocenters. The summed E-state index contributed by atoms with van der Waals surface area (Å²) in [5.74, 6) is 0. The first-order valence-corrected chi connectivity index (χ1v) is 22.7. The second-order valence-electron chi connectivity index (χ2n) is 15.9. The standard InChI is InChI=1S/C54H31NSSi/c1-2-13-35-34(12-1)39-17-10-21-46-52(39)53-45(20-11-22-47(53)56-46)55-44-28-26-32(30-42(44)41-19-9-18-40(35)54(41)55)33-27-29-51-43(31-33)38-16-5-8-25-50(38)57(51)48-23-6-3-14-36(48)37-15-4-7-24-49(37)57/h1-31H. The first kappa shape index (κ1) is 30.4. The number of hydrogen-bond donors (Lipinski definition) is 0. The van der Waals surface area contributed by atoms with Crippen molar-refractivity contribution in [3.8, 4) is 33.4 Å². The molecule has 0 fully saturated rings. The first-order chi connectivity index (χ1) is 28.3. The number of nitrogens with zero attached hydrogens (tertiary/aromatic N) is 1. The maximum atomic E-state index is 2.57. The van der Waals surface area contributed by atoms with E-state index in [4.69, 9.17) is 0 Å². The van der Waals surface area contributed by atoms with Crippen LogP contribution in [0.2, 0.25) is 0 Å². The normalized spacial score (nSPS) is 13.8. The van der Waals surface area contributed by atoms with Gasteiger partial charge in [0.25, 0.3) is 0 Å². The zero-order chi connectivity index (χ0) is 37.0. The van der Waals surface area contributed by atoms with Crippen molar-refractivity contribution in [1.29, 1.82) is 0 Å². The number of fused-ring (bicyclic) bond motifs is 17. The van der Waals surface area contributed by atoms with Gasteiger partial charge >= 0.3 is 0 Å². The number of hydrogen-bond acceptors (Lipinski definition) is 1. The van der Waals surface area contributed by atoms with Crippen molar-refractivity contribution in [3.05, 3.63) is 188 Å². The summed E-state index contributed by atoms with van der Waals surface area (Å²) in [6.45, 7) is 0. The van der Waals surface area contributed by atoms with E-state index in [2.05, 4.69) is 192 Å². The Balaban J connectivity index is 1.07. The van der Waals surface area contributed by atoms with E-state index in [0.29, 0.717) is 0 Å². The number of rotatable bonds is 1. The number of para-hydroxylation sites is 1. The van der Waals surface area contributed by atoms with Gasteiger partial charge in [-0.05, 0) is 107 Å². The lowest BCUT2D eigenvalue weighted by Gasteiger charge is -2.27. The highest BCUT2D eigenvalue weighted by molar-refractivity contribution is 7.26. The summed E-state index contributed by atoms with van der Waals surface area (Å²) in [4.78, 5) is 0. The van der Waals surface area contributed by atoms with Crippen molar-refractivity contribution in [2.24, 2.45) is 0 Å². The van der Waals surface area contributed by atoms with Crippen molar-refractivity contribution in [3.63, 3.8) is 0 Å². The van der Waals surface area contributed by atoms with Crippen LogP contribution in [0.4, 0.5) is 0 Å². The predicted octanol–water partition coefficient (Wildman–Crippen LogP) is 11.9. The highest BCUT2D eigenvalue weighted by Crippen LogP contribution is 2.45. The second-order valence-corrected chi connectivity index (χ2v) is 20.6. The summed E-state index contributed by atoms with van der Waals surface area (Å²) in [5, 5.41) is 16.5. The SMILES string of the molecule is c1ccc2c(c1)-c1ccccc1[Si]21c2ccccc2-c2cc(-c3ccc4c(c3)c3cccc5c6ccccc6c6cccc7sc8cccc(c8c76)n4c53)ccc21. The average molecular weight is 754 g/mol. The number of benzene rings is 9. The largest absolute Gasteiger partial charge is 0.308 e. The molecule has 3 heteroatoms. The molecule has 0 unspecified atom stereocenters. The van der Waals surface area contributed by atoms with Crippen molar-refractivity contribution < 1.29 is 0 Å². The third-order valence-corrected chi connectivity index (χ3v) is 19.5. The zero-order valence-corrected chi connectivity index (χ0v) is 32.6. The van der Waals surface area contributed by atoms with Gasteiger partial charge in [0, 0.05) is 36.3 Å². The van der Waals surface area contributed by atoms with E-state index < -0.39 is 8.07 Å². The van der Waals surface area contributed by atoms with E-state index in [9.17, 15) is 0 Å². The minimum Gasteiger partial charge on any atom is -0.308 e. The van der Waals surface area contributed by atoms with E-state index in [1.165, 1.54) is 123 Å². The molecular formula is C54H31NSSi. The number of thiophene rings is 1. The monoisotopic (exact) mass is 753 g/mol. The second kappa shape index (κ2) is 10.7. The maximum absolute atomic E-state index is 2.57. The lowest BCUT2D eigenvalue weighted by atomic mass is 9.97. The Bertz CT molecular complexity index is 3730. The molecule has 0 aliphatic carbocycles. The lowest BCUT2D eigenvalue weighted by Crippen LogP contribution is -2.70. The molecule has 5 heterocycles. The fourth-order valence-electron chi connectivity index (χ4n) is 11.2. The van der Waals surface area contributed by atoms with Crippen molar-refractivity contribution in [2.45, 2.75) is 0 Å². The molecule has 1 nitrogen and oxygen atoms in total. The molecule has 0 radical (unpaired) electrons. The molecule has 57 heavy (non-hydrogen) atoms. The zero-order valence-electron chi connectivity index (χ0n) is 30.8. The molecule has 14 rings (SSSR count). The Kier molecular flexibility index (Phi) is 5.74. The van der Waals surface area contributed by atoms with Crippen molar-refractivity contribution in [2.75, 3.05) is 0 Å². The van der Waals surface area contributed by atoms with Gasteiger partial charge in [0.05, 0.1) is 16.6 Å². The van der Waals surface area contributed by atoms with Gasteiger partial charge < -0.3 is 4.40 Å². The Morgan fingerprint density at radius 2 is 0.842 bits per heavy atom. The minimum absolute atomic E-state index is 1.24. The summed E-state index contributed by atoms with van der Waals surface area (Å²) < 4.78 is 5.23. The van der Waals surface area contributed by atoms with E-state index in [1.807, 2.05) is 11.3 Å². The first-order valence-electron chi connectivity index (χ1n) is 19.8. The van der Waals surface area contributed by atoms with Gasteiger partial charge in [0.1, 0.15) is 0 Å². The smallest absolute Gasteiger partial charge is 0.182 e. The quantitative estimate of drug-likeness (QED) is 0.147. The summed E-state index contributed by atoms with van der Waals surface area (Å²) in [6, 6.07) is 71.9. The van der Waals surface area contributed by atoms with Crippen LogP contribution in [0, 0.1) is 0 Å². The maximum Gasteiger partial charge on any atom is 0.182 e. The van der Waals surface area contributed by atoms with E-state index in [0.717, 1.165) is 0 Å². The van der Waals surface area contributed by atoms with Crippen LogP contribution in [0.25, 0.3) is 102 Å². The highest BCUT2D eigenvalue weighted by atomic mass is 32.1. The summed E-state index contributed by atoms with van der Waals surface area (Å²) in [6.07, 6.45) is 0. The third-order valence-electron chi connectivity index (χ3n) is 13.4. The minimum atomic E-state index is -2.46. The van der Waals surface area contributed by atoms with Crippen LogP contribution in [0.15, 0.2) is 188 Å². The van der Waals surface area contributed by atoms with Crippen LogP contribution in [0.3, 0.4) is 0 Å². The fraction of sp³-hybridized carbons (Fsp3) is 0. The van der Waals surface area contributed by atoms with E-state index >= 15 is 0 Å². The van der Waals surface area contributed by atoms with Crippen LogP contribution in [-0.2, 0) is 0 Å². The lowest BCUT2D eigenvalue weighted by molar-refractivity contribution is 1.36. The molecule has 0 N–H and O–H groups in total. The van der Waals surface area contributed by atoms with Gasteiger partial charge in [-0.25, -0.2) is 0 Å². The average Bonchev–Trinajstić information content (AvgIpc) is 4.00. The van der Waals surface area contributed by atoms with Gasteiger partial charge in [0.15, 0.2) is 8.07 Å². The number of aromatic nitrogens is 1. The Hall–Kier alpha value is -6.78. The molecule has 3 aromatic heterocycles. The van der Waals surface area contributed by atoms with Gasteiger partial charge in [-0.2, -0.15) is 0 Å². The molecule has 262 valence electrons. The van der Waals surface area contributed by atoms with Gasteiger partial charge in [-0.3, -0.25) is 0 Å². The topological polar surface area (TPSA) is 4.41 Å². The van der Waals surface area contributed by atoms with E-state index in [1.54, 1.807) is 0 Å². The summed E-state index contributed by atoms with van der Waals surface area (Å²) in [7, 11) is -2.46. The van der Waals surface area contributed by atoms with E-state index in [-0.39, 0.29) is 0 Å². The Morgan fingerprint density at radius 3 is 1.58 bits per heavy atom. The molecule has 0 saturated heterocycles. The highest BCUT2D eigenvalue weighted by Gasteiger charge is 2.53. The fourth-order valence-corrected chi connectivity index (χ4v) is 18.0. The molecule has 2 aliphatic rings. The van der Waals surface area contributed by atoms with Crippen LogP contribution in [0.1, 0.15) is 0 Å². The molecule has 2 aliphatic heterocycles. The molecule has 0 saturated carbocycles. The van der Waals surface area contributed by atoms with Crippen LogP contribution < -0.4 is 20.7 Å². The Morgan fingerprint density at radius 1 is 0.333 bits per heavy atom. The third kappa shape index (κ3) is 3.66.